The van der Waals surface area contributed by atoms with Crippen LogP contribution in [-0.4, -0.2) is 31.6 Å². The van der Waals surface area contributed by atoms with Gasteiger partial charge in [0.25, 0.3) is 5.91 Å². The van der Waals surface area contributed by atoms with Crippen LogP contribution < -0.4 is 10.5 Å². The summed E-state index contributed by atoms with van der Waals surface area (Å²) in [6.07, 6.45) is 0.284. The van der Waals surface area contributed by atoms with Gasteiger partial charge in [-0.25, -0.2) is 13.6 Å². The number of sulfonamides is 1. The van der Waals surface area contributed by atoms with Crippen molar-refractivity contribution >= 4 is 26.8 Å². The number of nitrogens with two attached hydrogens (primary N) is 1. The summed E-state index contributed by atoms with van der Waals surface area (Å²) in [4.78, 5) is 16.6. The topological polar surface area (TPSA) is 102 Å². The van der Waals surface area contributed by atoms with Crippen molar-refractivity contribution in [3.63, 3.8) is 0 Å². The molecular weight excluding hydrogens is 290 g/mol. The predicted octanol–water partition coefficient (Wildman–Crippen LogP) is 0.952. The maximum Gasteiger partial charge on any atom is 0.252 e. The number of rotatable bonds is 5. The molecule has 112 valence electrons. The Labute approximate surface area is 123 Å². The molecular formula is C14H17N3O3S. The molecule has 0 saturated heterocycles. The highest BCUT2D eigenvalue weighted by Gasteiger charge is 2.11. The number of hydrogen-bond acceptors (Lipinski definition) is 4. The van der Waals surface area contributed by atoms with Crippen LogP contribution in [0, 0.1) is 6.92 Å². The van der Waals surface area contributed by atoms with Gasteiger partial charge in [0.05, 0.1) is 16.8 Å². The van der Waals surface area contributed by atoms with Crippen molar-refractivity contribution in [2.75, 3.05) is 12.3 Å². The summed E-state index contributed by atoms with van der Waals surface area (Å²) >= 11 is 0. The van der Waals surface area contributed by atoms with Gasteiger partial charge in [-0.2, -0.15) is 0 Å². The average Bonchev–Trinajstić information content (AvgIpc) is 2.41. The van der Waals surface area contributed by atoms with E-state index in [1.54, 1.807) is 6.07 Å². The molecule has 6 nitrogen and oxygen atoms in total. The van der Waals surface area contributed by atoms with Crippen LogP contribution in [0.1, 0.15) is 22.5 Å². The van der Waals surface area contributed by atoms with Crippen LogP contribution in [0.2, 0.25) is 0 Å². The Balaban J connectivity index is 2.12. The Morgan fingerprint density at radius 3 is 2.76 bits per heavy atom. The lowest BCUT2D eigenvalue weighted by Crippen LogP contribution is -2.27. The van der Waals surface area contributed by atoms with Gasteiger partial charge in [-0.05, 0) is 25.5 Å². The van der Waals surface area contributed by atoms with Crippen molar-refractivity contribution in [2.45, 2.75) is 13.3 Å². The summed E-state index contributed by atoms with van der Waals surface area (Å²) in [6.45, 7) is 2.08. The number of nitrogens with one attached hydrogen (secondary N) is 1. The van der Waals surface area contributed by atoms with Crippen LogP contribution in [0.3, 0.4) is 0 Å². The summed E-state index contributed by atoms with van der Waals surface area (Å²) in [7, 11) is -3.49. The molecule has 1 heterocycles. The number of hydrogen-bond donors (Lipinski definition) is 2. The minimum Gasteiger partial charge on any atom is -0.352 e. The van der Waals surface area contributed by atoms with Crippen LogP contribution in [0.15, 0.2) is 30.3 Å². The molecule has 1 aromatic heterocycles. The van der Waals surface area contributed by atoms with Crippen molar-refractivity contribution in [2.24, 2.45) is 5.14 Å². The fraction of sp³-hybridized carbons (Fsp3) is 0.286. The second kappa shape index (κ2) is 6.19. The third-order valence-corrected chi connectivity index (χ3v) is 3.84. The predicted molar refractivity (Wildman–Crippen MR) is 81.4 cm³/mol. The number of aromatic nitrogens is 1. The first kappa shape index (κ1) is 15.4. The van der Waals surface area contributed by atoms with Gasteiger partial charge in [0, 0.05) is 17.6 Å². The van der Waals surface area contributed by atoms with Crippen LogP contribution >= 0.6 is 0 Å². The lowest BCUT2D eigenvalue weighted by Gasteiger charge is -2.08. The van der Waals surface area contributed by atoms with Crippen molar-refractivity contribution in [1.29, 1.82) is 0 Å². The van der Waals surface area contributed by atoms with Crippen LogP contribution in [0.4, 0.5) is 0 Å². The minimum atomic E-state index is -3.49. The van der Waals surface area contributed by atoms with Crippen LogP contribution in [-0.2, 0) is 10.0 Å². The fourth-order valence-corrected chi connectivity index (χ4v) is 2.61. The number of amides is 1. The number of primary sulfonamides is 1. The molecule has 3 N–H and O–H groups in total. The van der Waals surface area contributed by atoms with E-state index < -0.39 is 10.0 Å². The van der Waals surface area contributed by atoms with E-state index in [0.29, 0.717) is 5.56 Å². The SMILES string of the molecule is Cc1cc(C(=O)NCCCS(N)(=O)=O)c2ccccc2n1. The van der Waals surface area contributed by atoms with Gasteiger partial charge in [0.2, 0.25) is 10.0 Å². The number of benzene rings is 1. The van der Waals surface area contributed by atoms with Gasteiger partial charge in [0.15, 0.2) is 0 Å². The van der Waals surface area contributed by atoms with Crippen molar-refractivity contribution in [3.05, 3.63) is 41.6 Å². The molecule has 0 atom stereocenters. The van der Waals surface area contributed by atoms with E-state index in [2.05, 4.69) is 10.3 Å². The summed E-state index contributed by atoms with van der Waals surface area (Å²) in [5, 5.41) is 8.38. The zero-order chi connectivity index (χ0) is 15.5. The molecule has 21 heavy (non-hydrogen) atoms. The fourth-order valence-electron chi connectivity index (χ4n) is 2.07. The number of pyridine rings is 1. The Morgan fingerprint density at radius 2 is 2.05 bits per heavy atom. The second-order valence-corrected chi connectivity index (χ2v) is 6.54. The van der Waals surface area contributed by atoms with Crippen molar-refractivity contribution < 1.29 is 13.2 Å². The average molecular weight is 307 g/mol. The highest BCUT2D eigenvalue weighted by molar-refractivity contribution is 7.89. The van der Waals surface area contributed by atoms with Crippen molar-refractivity contribution in [1.82, 2.24) is 10.3 Å². The zero-order valence-electron chi connectivity index (χ0n) is 11.7. The van der Waals surface area contributed by atoms with Gasteiger partial charge in [-0.3, -0.25) is 9.78 Å². The molecule has 0 spiro atoms. The number of carbonyl (C=O) groups is 1. The minimum absolute atomic E-state index is 0.149. The number of carbonyl (C=O) groups excluding carboxylic acids is 1. The largest absolute Gasteiger partial charge is 0.352 e. The Hall–Kier alpha value is -1.99. The van der Waals surface area contributed by atoms with E-state index in [1.807, 2.05) is 31.2 Å². The third-order valence-electron chi connectivity index (χ3n) is 2.98. The molecule has 0 aliphatic rings. The second-order valence-electron chi connectivity index (χ2n) is 4.80. The summed E-state index contributed by atoms with van der Waals surface area (Å²) in [5.41, 5.74) is 2.05. The maximum absolute atomic E-state index is 12.2. The first-order chi connectivity index (χ1) is 9.87. The number of aryl methyl sites for hydroxylation is 1. The molecule has 0 aliphatic carbocycles. The highest BCUT2D eigenvalue weighted by Crippen LogP contribution is 2.17. The molecule has 0 fully saturated rings. The van der Waals surface area contributed by atoms with E-state index in [1.165, 1.54) is 0 Å². The monoisotopic (exact) mass is 307 g/mol. The summed E-state index contributed by atoms with van der Waals surface area (Å²) in [6, 6.07) is 9.11. The molecule has 0 saturated carbocycles. The standard InChI is InChI=1S/C14H17N3O3S/c1-10-9-12(11-5-2-3-6-13(11)17-10)14(18)16-7-4-8-21(15,19)20/h2-3,5-6,9H,4,7-8H2,1H3,(H,16,18)(H2,15,19,20). The van der Waals surface area contributed by atoms with Gasteiger partial charge in [-0.1, -0.05) is 18.2 Å². The van der Waals surface area contributed by atoms with E-state index in [4.69, 9.17) is 5.14 Å². The number of nitrogens with zero attached hydrogens (tertiary/aromatic N) is 1. The van der Waals surface area contributed by atoms with E-state index in [-0.39, 0.29) is 24.6 Å². The molecule has 0 aliphatic heterocycles. The first-order valence-electron chi connectivity index (χ1n) is 6.52. The first-order valence-corrected chi connectivity index (χ1v) is 8.23. The lowest BCUT2D eigenvalue weighted by atomic mass is 10.1. The van der Waals surface area contributed by atoms with E-state index in [0.717, 1.165) is 16.6 Å². The third kappa shape index (κ3) is 4.24. The molecule has 0 bridgehead atoms. The maximum atomic E-state index is 12.2. The number of fused-ring (bicyclic) bond motifs is 1. The Bertz CT molecular complexity index is 772. The summed E-state index contributed by atoms with van der Waals surface area (Å²) in [5.74, 6) is -0.394. The zero-order valence-corrected chi connectivity index (χ0v) is 12.5. The molecule has 2 aromatic rings. The van der Waals surface area contributed by atoms with Gasteiger partial charge >= 0.3 is 0 Å². The van der Waals surface area contributed by atoms with Gasteiger partial charge in [0.1, 0.15) is 0 Å². The molecule has 2 rings (SSSR count). The van der Waals surface area contributed by atoms with E-state index >= 15 is 0 Å². The number of para-hydroxylation sites is 1. The molecule has 1 amide bonds. The summed E-state index contributed by atoms with van der Waals surface area (Å²) < 4.78 is 21.6. The Morgan fingerprint density at radius 1 is 1.33 bits per heavy atom. The van der Waals surface area contributed by atoms with Crippen LogP contribution in [0.5, 0.6) is 0 Å². The molecule has 1 aromatic carbocycles. The van der Waals surface area contributed by atoms with Gasteiger partial charge in [-0.15, -0.1) is 0 Å². The molecule has 0 radical (unpaired) electrons. The molecule has 7 heteroatoms. The lowest BCUT2D eigenvalue weighted by molar-refractivity contribution is 0.0955. The van der Waals surface area contributed by atoms with Crippen molar-refractivity contribution in [3.8, 4) is 0 Å². The Kier molecular flexibility index (Phi) is 4.54. The normalized spacial score (nSPS) is 11.5. The van der Waals surface area contributed by atoms with E-state index in [9.17, 15) is 13.2 Å². The quantitative estimate of drug-likeness (QED) is 0.803. The molecule has 0 unspecified atom stereocenters. The smallest absolute Gasteiger partial charge is 0.252 e. The highest BCUT2D eigenvalue weighted by atomic mass is 32.2. The van der Waals surface area contributed by atoms with Crippen LogP contribution in [0.25, 0.3) is 10.9 Å². The van der Waals surface area contributed by atoms with Gasteiger partial charge < -0.3 is 5.32 Å².